The van der Waals surface area contributed by atoms with Gasteiger partial charge in [-0.05, 0) is 56.0 Å². The average molecular weight is 515 g/mol. The number of carbonyl (C=O) groups is 1. The SMILES string of the molecule is C[C@@H](/C=C/c1cnc(Oc2ccc(OCC3CC3)cc2Cl)s1)NC(=O)c1ccnc(NCCO)c1. The number of anilines is 1. The lowest BCUT2D eigenvalue weighted by Gasteiger charge is -2.10. The van der Waals surface area contributed by atoms with Crippen molar-refractivity contribution in [3.05, 3.63) is 64.3 Å². The number of aromatic nitrogens is 2. The molecule has 1 aliphatic carbocycles. The maximum Gasteiger partial charge on any atom is 0.279 e. The second-order valence-corrected chi connectivity index (χ2v) is 9.61. The van der Waals surface area contributed by atoms with Gasteiger partial charge >= 0.3 is 0 Å². The van der Waals surface area contributed by atoms with Crippen molar-refractivity contribution in [1.29, 1.82) is 0 Å². The van der Waals surface area contributed by atoms with Crippen molar-refractivity contribution >= 4 is 40.7 Å². The van der Waals surface area contributed by atoms with E-state index in [0.29, 0.717) is 39.8 Å². The fourth-order valence-electron chi connectivity index (χ4n) is 3.07. The third kappa shape index (κ3) is 7.68. The molecule has 2 aromatic heterocycles. The Morgan fingerprint density at radius 3 is 2.94 bits per heavy atom. The van der Waals surface area contributed by atoms with Crippen molar-refractivity contribution in [2.45, 2.75) is 25.8 Å². The summed E-state index contributed by atoms with van der Waals surface area (Å²) in [6, 6.07) is 8.45. The molecule has 0 unspecified atom stereocenters. The van der Waals surface area contributed by atoms with Gasteiger partial charge in [0.1, 0.15) is 17.3 Å². The molecule has 1 saturated carbocycles. The summed E-state index contributed by atoms with van der Waals surface area (Å²) in [5, 5.41) is 15.7. The van der Waals surface area contributed by atoms with E-state index < -0.39 is 0 Å². The fourth-order valence-corrected chi connectivity index (χ4v) is 3.97. The van der Waals surface area contributed by atoms with E-state index in [4.69, 9.17) is 26.2 Å². The van der Waals surface area contributed by atoms with Crippen LogP contribution in [0.1, 0.15) is 35.0 Å². The number of pyridine rings is 1. The van der Waals surface area contributed by atoms with Gasteiger partial charge in [-0.15, -0.1) is 0 Å². The van der Waals surface area contributed by atoms with E-state index in [1.807, 2.05) is 25.1 Å². The van der Waals surface area contributed by atoms with Crippen molar-refractivity contribution in [2.24, 2.45) is 5.92 Å². The lowest BCUT2D eigenvalue weighted by atomic mass is 10.2. The van der Waals surface area contributed by atoms with Crippen LogP contribution in [-0.2, 0) is 0 Å². The van der Waals surface area contributed by atoms with Gasteiger partial charge in [0, 0.05) is 36.6 Å². The molecule has 3 aromatic rings. The maximum atomic E-state index is 12.5. The van der Waals surface area contributed by atoms with Gasteiger partial charge < -0.3 is 25.2 Å². The van der Waals surface area contributed by atoms with E-state index in [-0.39, 0.29) is 18.6 Å². The highest BCUT2D eigenvalue weighted by atomic mass is 35.5. The summed E-state index contributed by atoms with van der Waals surface area (Å²) in [6.07, 6.45) is 9.47. The summed E-state index contributed by atoms with van der Waals surface area (Å²) in [5.74, 6) is 2.24. The number of carbonyl (C=O) groups excluding carboxylic acids is 1. The third-order valence-electron chi connectivity index (χ3n) is 5.13. The summed E-state index contributed by atoms with van der Waals surface area (Å²) in [6.45, 7) is 2.96. The topological polar surface area (TPSA) is 106 Å². The van der Waals surface area contributed by atoms with Gasteiger partial charge in [0.2, 0.25) is 0 Å². The Balaban J connectivity index is 1.29. The highest BCUT2D eigenvalue weighted by Crippen LogP contribution is 2.35. The highest BCUT2D eigenvalue weighted by molar-refractivity contribution is 7.14. The van der Waals surface area contributed by atoms with E-state index >= 15 is 0 Å². The number of aliphatic hydroxyl groups excluding tert-OH is 1. The van der Waals surface area contributed by atoms with E-state index in [9.17, 15) is 4.79 Å². The van der Waals surface area contributed by atoms with Crippen molar-refractivity contribution in [3.63, 3.8) is 0 Å². The molecule has 0 spiro atoms. The summed E-state index contributed by atoms with van der Waals surface area (Å²) >= 11 is 7.72. The molecular weight excluding hydrogens is 488 g/mol. The smallest absolute Gasteiger partial charge is 0.279 e. The van der Waals surface area contributed by atoms with Crippen LogP contribution in [-0.4, -0.2) is 46.8 Å². The number of hydrogen-bond donors (Lipinski definition) is 3. The zero-order chi connectivity index (χ0) is 24.6. The molecule has 1 atom stereocenters. The number of halogens is 1. The fraction of sp³-hybridized carbons (Fsp3) is 0.320. The summed E-state index contributed by atoms with van der Waals surface area (Å²) < 4.78 is 11.6. The quantitative estimate of drug-likeness (QED) is 0.312. The first-order valence-electron chi connectivity index (χ1n) is 11.4. The number of nitrogens with zero attached hydrogens (tertiary/aromatic N) is 2. The number of nitrogens with one attached hydrogen (secondary N) is 2. The van der Waals surface area contributed by atoms with Crippen LogP contribution in [0.25, 0.3) is 6.08 Å². The minimum Gasteiger partial charge on any atom is -0.493 e. The predicted molar refractivity (Wildman–Crippen MR) is 138 cm³/mol. The Morgan fingerprint density at radius 2 is 2.17 bits per heavy atom. The van der Waals surface area contributed by atoms with Crippen LogP contribution in [0.15, 0.2) is 48.8 Å². The van der Waals surface area contributed by atoms with E-state index in [0.717, 1.165) is 17.2 Å². The van der Waals surface area contributed by atoms with Gasteiger partial charge in [-0.2, -0.15) is 0 Å². The predicted octanol–water partition coefficient (Wildman–Crippen LogP) is 5.01. The summed E-state index contributed by atoms with van der Waals surface area (Å²) in [5.41, 5.74) is 0.481. The van der Waals surface area contributed by atoms with Crippen LogP contribution in [0.5, 0.6) is 16.7 Å². The van der Waals surface area contributed by atoms with Crippen LogP contribution in [0, 0.1) is 5.92 Å². The molecule has 10 heteroatoms. The Kier molecular flexibility index (Phi) is 8.57. The molecule has 0 bridgehead atoms. The average Bonchev–Trinajstić information content (AvgIpc) is 3.59. The highest BCUT2D eigenvalue weighted by Gasteiger charge is 2.22. The largest absolute Gasteiger partial charge is 0.493 e. The number of hydrogen-bond acceptors (Lipinski definition) is 8. The molecule has 8 nitrogen and oxygen atoms in total. The van der Waals surface area contributed by atoms with Gasteiger partial charge in [-0.1, -0.05) is 29.0 Å². The molecular formula is C25H27ClN4O4S. The van der Waals surface area contributed by atoms with Gasteiger partial charge in [0.05, 0.1) is 23.1 Å². The second kappa shape index (κ2) is 12.0. The van der Waals surface area contributed by atoms with Gasteiger partial charge in [-0.3, -0.25) is 4.79 Å². The molecule has 0 saturated heterocycles. The molecule has 3 N–H and O–H groups in total. The molecule has 184 valence electrons. The van der Waals surface area contributed by atoms with Crippen LogP contribution >= 0.6 is 22.9 Å². The van der Waals surface area contributed by atoms with E-state index in [1.165, 1.54) is 24.2 Å². The monoisotopic (exact) mass is 514 g/mol. The minimum atomic E-state index is -0.218. The second-order valence-electron chi connectivity index (χ2n) is 8.18. The number of amides is 1. The molecule has 2 heterocycles. The van der Waals surface area contributed by atoms with E-state index in [2.05, 4.69) is 20.6 Å². The van der Waals surface area contributed by atoms with Gasteiger partial charge in [-0.25, -0.2) is 9.97 Å². The zero-order valence-electron chi connectivity index (χ0n) is 19.2. The number of ether oxygens (including phenoxy) is 2. The maximum absolute atomic E-state index is 12.5. The normalized spacial score (nSPS) is 14.0. The summed E-state index contributed by atoms with van der Waals surface area (Å²) in [7, 11) is 0. The molecule has 1 amide bonds. The van der Waals surface area contributed by atoms with Crippen LogP contribution in [0.4, 0.5) is 5.82 Å². The lowest BCUT2D eigenvalue weighted by Crippen LogP contribution is -2.31. The van der Waals surface area contributed by atoms with Crippen LogP contribution in [0.3, 0.4) is 0 Å². The molecule has 1 fully saturated rings. The Morgan fingerprint density at radius 1 is 1.31 bits per heavy atom. The van der Waals surface area contributed by atoms with Crippen molar-refractivity contribution < 1.29 is 19.4 Å². The first kappa shape index (κ1) is 25.0. The van der Waals surface area contributed by atoms with Crippen LogP contribution in [0.2, 0.25) is 5.02 Å². The molecule has 4 rings (SSSR count). The van der Waals surface area contributed by atoms with E-state index in [1.54, 1.807) is 36.7 Å². The minimum absolute atomic E-state index is 0.0150. The van der Waals surface area contributed by atoms with Crippen molar-refractivity contribution in [2.75, 3.05) is 25.1 Å². The molecule has 1 aliphatic rings. The van der Waals surface area contributed by atoms with Crippen LogP contribution < -0.4 is 20.1 Å². The molecule has 0 aliphatic heterocycles. The first-order valence-corrected chi connectivity index (χ1v) is 12.6. The van der Waals surface area contributed by atoms with Gasteiger partial charge in [0.15, 0.2) is 0 Å². The standard InChI is InChI=1S/C25H27ClN4O4S/c1-16(30-24(32)18-8-9-27-23(12-18)28-10-11-31)2-6-20-14-29-25(35-20)34-22-7-5-19(13-21(22)26)33-15-17-3-4-17/h2,5-9,12-14,16-17,31H,3-4,10-11,15H2,1H3,(H,27,28)(H,30,32)/b6-2+/t16-/m0/s1. The molecule has 35 heavy (non-hydrogen) atoms. The zero-order valence-corrected chi connectivity index (χ0v) is 20.8. The number of rotatable bonds is 12. The molecule has 1 aromatic carbocycles. The lowest BCUT2D eigenvalue weighted by molar-refractivity contribution is 0.0947. The Hall–Kier alpha value is -3.14. The van der Waals surface area contributed by atoms with Crippen molar-refractivity contribution in [1.82, 2.24) is 15.3 Å². The third-order valence-corrected chi connectivity index (χ3v) is 6.27. The van der Waals surface area contributed by atoms with Gasteiger partial charge in [0.25, 0.3) is 11.1 Å². The number of aliphatic hydroxyl groups is 1. The molecule has 0 radical (unpaired) electrons. The Bertz CT molecular complexity index is 1180. The number of benzene rings is 1. The first-order chi connectivity index (χ1) is 17.0. The summed E-state index contributed by atoms with van der Waals surface area (Å²) in [4.78, 5) is 21.8. The Labute approximate surface area is 213 Å². The van der Waals surface area contributed by atoms with Crippen molar-refractivity contribution in [3.8, 4) is 16.7 Å². The number of thiazole rings is 1.